The first-order chi connectivity index (χ1) is 7.88. The number of aliphatic hydroxyl groups excluding tert-OH is 1. The Bertz CT molecular complexity index is 308. The van der Waals surface area contributed by atoms with E-state index >= 15 is 0 Å². The Balaban J connectivity index is 1.75. The summed E-state index contributed by atoms with van der Waals surface area (Å²) in [5.41, 5.74) is 1.03. The van der Waals surface area contributed by atoms with Crippen LogP contribution in [0.5, 0.6) is 0 Å². The second-order valence-corrected chi connectivity index (χ2v) is 4.15. The number of hydrogen-bond donors (Lipinski definition) is 2. The highest BCUT2D eigenvalue weighted by atomic mass is 16.5. The maximum absolute atomic E-state index is 8.77. The van der Waals surface area contributed by atoms with E-state index in [1.165, 1.54) is 0 Å². The lowest BCUT2D eigenvalue weighted by Crippen LogP contribution is -2.22. The molecular weight excluding hydrogens is 206 g/mol. The molecule has 1 saturated heterocycles. The number of nitrogens with one attached hydrogen (secondary N) is 1. The van der Waals surface area contributed by atoms with Gasteiger partial charge < -0.3 is 15.2 Å². The molecule has 1 aromatic rings. The van der Waals surface area contributed by atoms with Gasteiger partial charge in [0.1, 0.15) is 0 Å². The molecule has 0 aliphatic carbocycles. The van der Waals surface area contributed by atoms with Gasteiger partial charge in [-0.15, -0.1) is 0 Å². The average Bonchev–Trinajstić information content (AvgIpc) is 2.76. The molecular formula is C11H19N3O2. The Kier molecular flexibility index (Phi) is 4.18. The molecule has 0 spiro atoms. The number of ether oxygens (including phenoxy) is 1. The second-order valence-electron chi connectivity index (χ2n) is 4.15. The van der Waals surface area contributed by atoms with Crippen molar-refractivity contribution in [3.8, 4) is 0 Å². The van der Waals surface area contributed by atoms with Crippen LogP contribution in [0.2, 0.25) is 0 Å². The number of aliphatic hydroxyl groups is 1. The molecule has 0 aromatic carbocycles. The van der Waals surface area contributed by atoms with Crippen LogP contribution < -0.4 is 5.32 Å². The number of hydrogen-bond acceptors (Lipinski definition) is 4. The van der Waals surface area contributed by atoms with Crippen molar-refractivity contribution < 1.29 is 9.84 Å². The maximum atomic E-state index is 8.77. The highest BCUT2D eigenvalue weighted by Gasteiger charge is 2.13. The number of aromatic nitrogens is 2. The van der Waals surface area contributed by atoms with Crippen LogP contribution in [-0.2, 0) is 11.3 Å². The Labute approximate surface area is 95.4 Å². The van der Waals surface area contributed by atoms with Gasteiger partial charge >= 0.3 is 0 Å². The number of rotatable bonds is 5. The first-order valence-electron chi connectivity index (χ1n) is 5.83. The van der Waals surface area contributed by atoms with Crippen molar-refractivity contribution in [3.63, 3.8) is 0 Å². The van der Waals surface area contributed by atoms with Gasteiger partial charge in [0, 0.05) is 26.0 Å². The highest BCUT2D eigenvalue weighted by Crippen LogP contribution is 2.15. The Morgan fingerprint density at radius 2 is 2.31 bits per heavy atom. The molecule has 16 heavy (non-hydrogen) atoms. The third-order valence-electron chi connectivity index (χ3n) is 2.90. The standard InChI is InChI=1S/C11H19N3O2/c15-4-3-14-9-11(8-13-14)12-7-10-1-5-16-6-2-10/h8-10,12,15H,1-7H2. The Morgan fingerprint density at radius 3 is 3.06 bits per heavy atom. The molecule has 0 unspecified atom stereocenters. The van der Waals surface area contributed by atoms with Gasteiger partial charge in [-0.3, -0.25) is 4.68 Å². The van der Waals surface area contributed by atoms with Crippen LogP contribution in [0.25, 0.3) is 0 Å². The lowest BCUT2D eigenvalue weighted by atomic mass is 10.0. The van der Waals surface area contributed by atoms with Crippen LogP contribution in [0.1, 0.15) is 12.8 Å². The normalized spacial score (nSPS) is 17.6. The van der Waals surface area contributed by atoms with Gasteiger partial charge in [0.15, 0.2) is 0 Å². The minimum Gasteiger partial charge on any atom is -0.394 e. The zero-order valence-corrected chi connectivity index (χ0v) is 9.43. The van der Waals surface area contributed by atoms with E-state index in [4.69, 9.17) is 9.84 Å². The predicted octanol–water partition coefficient (Wildman–Crippen LogP) is 0.714. The molecule has 1 aromatic heterocycles. The van der Waals surface area contributed by atoms with Gasteiger partial charge in [0.25, 0.3) is 0 Å². The van der Waals surface area contributed by atoms with E-state index in [1.807, 2.05) is 6.20 Å². The van der Waals surface area contributed by atoms with Crippen molar-refractivity contribution in [3.05, 3.63) is 12.4 Å². The zero-order chi connectivity index (χ0) is 11.2. The first-order valence-corrected chi connectivity index (χ1v) is 5.83. The number of anilines is 1. The highest BCUT2D eigenvalue weighted by molar-refractivity contribution is 5.38. The van der Waals surface area contributed by atoms with Crippen molar-refractivity contribution in [2.45, 2.75) is 19.4 Å². The maximum Gasteiger partial charge on any atom is 0.0726 e. The predicted molar refractivity (Wildman–Crippen MR) is 61.3 cm³/mol. The molecule has 0 saturated carbocycles. The molecule has 1 fully saturated rings. The lowest BCUT2D eigenvalue weighted by molar-refractivity contribution is 0.0699. The minimum atomic E-state index is 0.126. The van der Waals surface area contributed by atoms with E-state index in [0.29, 0.717) is 12.5 Å². The van der Waals surface area contributed by atoms with Gasteiger partial charge in [0.05, 0.1) is 25.0 Å². The smallest absolute Gasteiger partial charge is 0.0726 e. The van der Waals surface area contributed by atoms with E-state index in [1.54, 1.807) is 10.9 Å². The molecule has 0 bridgehead atoms. The molecule has 0 atom stereocenters. The van der Waals surface area contributed by atoms with E-state index < -0.39 is 0 Å². The fourth-order valence-corrected chi connectivity index (χ4v) is 1.89. The van der Waals surface area contributed by atoms with Gasteiger partial charge in [-0.25, -0.2) is 0 Å². The second kappa shape index (κ2) is 5.86. The Morgan fingerprint density at radius 1 is 1.50 bits per heavy atom. The van der Waals surface area contributed by atoms with E-state index in [9.17, 15) is 0 Å². The molecule has 5 heteroatoms. The Hall–Kier alpha value is -1.07. The molecule has 0 amide bonds. The summed E-state index contributed by atoms with van der Waals surface area (Å²) in [4.78, 5) is 0. The third kappa shape index (κ3) is 3.21. The number of nitrogens with zero attached hydrogens (tertiary/aromatic N) is 2. The van der Waals surface area contributed by atoms with Crippen LogP contribution in [0.3, 0.4) is 0 Å². The fraction of sp³-hybridized carbons (Fsp3) is 0.727. The van der Waals surface area contributed by atoms with Crippen LogP contribution in [-0.4, -0.2) is 41.3 Å². The van der Waals surface area contributed by atoms with Crippen molar-refractivity contribution in [2.75, 3.05) is 31.7 Å². The zero-order valence-electron chi connectivity index (χ0n) is 9.43. The monoisotopic (exact) mass is 225 g/mol. The summed E-state index contributed by atoms with van der Waals surface area (Å²) in [5.74, 6) is 0.704. The molecule has 1 aliphatic heterocycles. The first kappa shape index (κ1) is 11.4. The van der Waals surface area contributed by atoms with Crippen molar-refractivity contribution >= 4 is 5.69 Å². The minimum absolute atomic E-state index is 0.126. The molecule has 0 radical (unpaired) electrons. The van der Waals surface area contributed by atoms with Crippen molar-refractivity contribution in [1.82, 2.24) is 9.78 Å². The molecule has 1 aliphatic rings. The summed E-state index contributed by atoms with van der Waals surface area (Å²) < 4.78 is 7.06. The van der Waals surface area contributed by atoms with Crippen LogP contribution in [0.15, 0.2) is 12.4 Å². The molecule has 2 rings (SSSR count). The van der Waals surface area contributed by atoms with Crippen molar-refractivity contribution in [2.24, 2.45) is 5.92 Å². The summed E-state index contributed by atoms with van der Waals surface area (Å²) in [6.07, 6.45) is 6.00. The van der Waals surface area contributed by atoms with Crippen LogP contribution in [0, 0.1) is 5.92 Å². The van der Waals surface area contributed by atoms with E-state index in [-0.39, 0.29) is 6.61 Å². The third-order valence-corrected chi connectivity index (χ3v) is 2.90. The molecule has 2 N–H and O–H groups in total. The van der Waals surface area contributed by atoms with Crippen molar-refractivity contribution in [1.29, 1.82) is 0 Å². The summed E-state index contributed by atoms with van der Waals surface area (Å²) in [5, 5.41) is 16.3. The fourth-order valence-electron chi connectivity index (χ4n) is 1.89. The molecule has 90 valence electrons. The van der Waals surface area contributed by atoms with Gasteiger partial charge in [-0.05, 0) is 18.8 Å². The molecule has 5 nitrogen and oxygen atoms in total. The van der Waals surface area contributed by atoms with Crippen LogP contribution in [0.4, 0.5) is 5.69 Å². The van der Waals surface area contributed by atoms with Gasteiger partial charge in [0.2, 0.25) is 0 Å². The van der Waals surface area contributed by atoms with E-state index in [0.717, 1.165) is 38.3 Å². The van der Waals surface area contributed by atoms with Gasteiger partial charge in [-0.2, -0.15) is 5.10 Å². The van der Waals surface area contributed by atoms with Gasteiger partial charge in [-0.1, -0.05) is 0 Å². The lowest BCUT2D eigenvalue weighted by Gasteiger charge is -2.22. The summed E-state index contributed by atoms with van der Waals surface area (Å²) in [7, 11) is 0. The average molecular weight is 225 g/mol. The quantitative estimate of drug-likeness (QED) is 0.775. The van der Waals surface area contributed by atoms with Crippen LogP contribution >= 0.6 is 0 Å². The largest absolute Gasteiger partial charge is 0.394 e. The SMILES string of the molecule is OCCn1cc(NCC2CCOCC2)cn1. The topological polar surface area (TPSA) is 59.3 Å². The van der Waals surface area contributed by atoms with E-state index in [2.05, 4.69) is 10.4 Å². The summed E-state index contributed by atoms with van der Waals surface area (Å²) in [6.45, 7) is 3.43. The molecule has 2 heterocycles. The summed E-state index contributed by atoms with van der Waals surface area (Å²) in [6, 6.07) is 0. The summed E-state index contributed by atoms with van der Waals surface area (Å²) >= 11 is 0.